The van der Waals surface area contributed by atoms with Crippen molar-refractivity contribution in [3.8, 4) is 0 Å². The number of nitrogens with zero attached hydrogens (tertiary/aromatic N) is 2. The zero-order chi connectivity index (χ0) is 13.9. The molecule has 0 bridgehead atoms. The second kappa shape index (κ2) is 6.28. The Balaban J connectivity index is 1.48. The highest BCUT2D eigenvalue weighted by atomic mass is 16.6. The molecule has 0 aromatic heterocycles. The lowest BCUT2D eigenvalue weighted by Gasteiger charge is -2.36. The van der Waals surface area contributed by atoms with Crippen LogP contribution >= 0.6 is 0 Å². The Hall–Kier alpha value is -0.850. The largest absolute Gasteiger partial charge is 0.450 e. The van der Waals surface area contributed by atoms with Crippen molar-refractivity contribution < 1.29 is 14.3 Å². The summed E-state index contributed by atoms with van der Waals surface area (Å²) in [7, 11) is 0. The van der Waals surface area contributed by atoms with Gasteiger partial charge in [0.25, 0.3) is 0 Å². The van der Waals surface area contributed by atoms with Gasteiger partial charge in [-0.05, 0) is 19.8 Å². The topological polar surface area (TPSA) is 54.0 Å². The predicted octanol–water partition coefficient (Wildman–Crippen LogP) is 0.280. The summed E-state index contributed by atoms with van der Waals surface area (Å²) in [5.74, 6) is 0. The predicted molar refractivity (Wildman–Crippen MR) is 74.7 cm³/mol. The first-order valence-corrected chi connectivity index (χ1v) is 7.78. The van der Waals surface area contributed by atoms with Gasteiger partial charge >= 0.3 is 6.09 Å². The number of carbonyl (C=O) groups is 1. The molecular formula is C14H25N3O3. The van der Waals surface area contributed by atoms with Gasteiger partial charge in [0.2, 0.25) is 0 Å². The van der Waals surface area contributed by atoms with Crippen LogP contribution in [-0.2, 0) is 9.47 Å². The zero-order valence-corrected chi connectivity index (χ0v) is 12.2. The molecule has 0 saturated carbocycles. The van der Waals surface area contributed by atoms with E-state index >= 15 is 0 Å². The van der Waals surface area contributed by atoms with E-state index in [1.165, 1.54) is 0 Å². The first-order valence-electron chi connectivity index (χ1n) is 7.78. The molecule has 3 aliphatic heterocycles. The number of rotatable bonds is 2. The summed E-state index contributed by atoms with van der Waals surface area (Å²) in [4.78, 5) is 16.1. The maximum atomic E-state index is 11.7. The van der Waals surface area contributed by atoms with Crippen LogP contribution in [0.25, 0.3) is 0 Å². The Kier molecular flexibility index (Phi) is 4.43. The van der Waals surface area contributed by atoms with Crippen LogP contribution in [0.1, 0.15) is 19.8 Å². The molecule has 0 aliphatic carbocycles. The van der Waals surface area contributed by atoms with E-state index in [0.29, 0.717) is 24.8 Å². The molecule has 3 rings (SSSR count). The number of nitrogens with one attached hydrogen (secondary N) is 1. The number of piperidine rings is 1. The van der Waals surface area contributed by atoms with E-state index in [2.05, 4.69) is 10.2 Å². The number of amides is 1. The van der Waals surface area contributed by atoms with Crippen molar-refractivity contribution in [2.45, 2.75) is 38.0 Å². The third kappa shape index (κ3) is 2.92. The van der Waals surface area contributed by atoms with E-state index < -0.39 is 0 Å². The Morgan fingerprint density at radius 3 is 2.85 bits per heavy atom. The van der Waals surface area contributed by atoms with E-state index in [-0.39, 0.29) is 6.09 Å². The van der Waals surface area contributed by atoms with E-state index in [1.807, 2.05) is 11.8 Å². The lowest BCUT2D eigenvalue weighted by molar-refractivity contribution is 0.0147. The van der Waals surface area contributed by atoms with Gasteiger partial charge in [-0.2, -0.15) is 0 Å². The second-order valence-corrected chi connectivity index (χ2v) is 5.84. The molecule has 1 amide bonds. The number of hydrogen-bond donors (Lipinski definition) is 1. The van der Waals surface area contributed by atoms with E-state index in [4.69, 9.17) is 9.47 Å². The van der Waals surface area contributed by atoms with Crippen molar-refractivity contribution in [3.63, 3.8) is 0 Å². The fraction of sp³-hybridized carbons (Fsp3) is 0.929. The van der Waals surface area contributed by atoms with Crippen LogP contribution in [0, 0.1) is 0 Å². The van der Waals surface area contributed by atoms with Gasteiger partial charge < -0.3 is 19.7 Å². The average molecular weight is 283 g/mol. The molecule has 0 radical (unpaired) electrons. The lowest BCUT2D eigenvalue weighted by atomic mass is 10.0. The van der Waals surface area contributed by atoms with Crippen molar-refractivity contribution in [3.05, 3.63) is 0 Å². The Morgan fingerprint density at radius 1 is 1.35 bits per heavy atom. The van der Waals surface area contributed by atoms with Crippen LogP contribution in [0.2, 0.25) is 0 Å². The van der Waals surface area contributed by atoms with Crippen LogP contribution in [0.4, 0.5) is 4.79 Å². The quantitative estimate of drug-likeness (QED) is 0.789. The summed E-state index contributed by atoms with van der Waals surface area (Å²) in [6.45, 7) is 7.83. The normalized spacial score (nSPS) is 32.1. The molecule has 6 nitrogen and oxygen atoms in total. The first-order chi connectivity index (χ1) is 9.78. The summed E-state index contributed by atoms with van der Waals surface area (Å²) in [5, 5.41) is 3.54. The Morgan fingerprint density at radius 2 is 2.15 bits per heavy atom. The third-order valence-electron chi connectivity index (χ3n) is 4.64. The molecule has 6 heteroatoms. The van der Waals surface area contributed by atoms with Gasteiger partial charge in [-0.25, -0.2) is 4.79 Å². The van der Waals surface area contributed by atoms with Crippen molar-refractivity contribution >= 4 is 6.09 Å². The summed E-state index contributed by atoms with van der Waals surface area (Å²) in [6.07, 6.45) is 2.27. The standard InChI is InChI=1S/C14H25N3O3/c1-2-19-14(18)16-6-3-11(4-7-16)17-9-12-13(10-17)20-8-5-15-12/h11-13,15H,2-10H2,1H3. The number of hydrogen-bond acceptors (Lipinski definition) is 5. The minimum Gasteiger partial charge on any atom is -0.450 e. The van der Waals surface area contributed by atoms with Crippen molar-refractivity contribution in [1.29, 1.82) is 0 Å². The van der Waals surface area contributed by atoms with E-state index in [0.717, 1.165) is 52.2 Å². The van der Waals surface area contributed by atoms with Crippen molar-refractivity contribution in [1.82, 2.24) is 15.1 Å². The monoisotopic (exact) mass is 283 g/mol. The molecule has 0 spiro atoms. The number of fused-ring (bicyclic) bond motifs is 1. The molecule has 3 saturated heterocycles. The molecule has 3 fully saturated rings. The SMILES string of the molecule is CCOC(=O)N1CCC(N2CC3NCCOC3C2)CC1. The van der Waals surface area contributed by atoms with Crippen LogP contribution in [-0.4, -0.2) is 80.0 Å². The molecule has 0 aromatic carbocycles. The maximum absolute atomic E-state index is 11.7. The Bertz CT molecular complexity index is 331. The van der Waals surface area contributed by atoms with Gasteiger partial charge in [0.1, 0.15) is 0 Å². The van der Waals surface area contributed by atoms with E-state index in [1.54, 1.807) is 0 Å². The number of likely N-dealkylation sites (tertiary alicyclic amines) is 2. The first kappa shape index (κ1) is 14.1. The van der Waals surface area contributed by atoms with Crippen LogP contribution < -0.4 is 5.32 Å². The smallest absolute Gasteiger partial charge is 0.409 e. The molecule has 20 heavy (non-hydrogen) atoms. The van der Waals surface area contributed by atoms with Gasteiger partial charge in [0.15, 0.2) is 0 Å². The average Bonchev–Trinajstić information content (AvgIpc) is 2.91. The summed E-state index contributed by atoms with van der Waals surface area (Å²) < 4.78 is 10.9. The van der Waals surface area contributed by atoms with E-state index in [9.17, 15) is 4.79 Å². The highest BCUT2D eigenvalue weighted by Crippen LogP contribution is 2.24. The molecule has 2 unspecified atom stereocenters. The summed E-state index contributed by atoms with van der Waals surface area (Å²) in [6, 6.07) is 1.07. The van der Waals surface area contributed by atoms with Gasteiger partial charge in [-0.1, -0.05) is 0 Å². The number of ether oxygens (including phenoxy) is 2. The summed E-state index contributed by atoms with van der Waals surface area (Å²) in [5.41, 5.74) is 0. The second-order valence-electron chi connectivity index (χ2n) is 5.84. The molecule has 1 N–H and O–H groups in total. The van der Waals surface area contributed by atoms with Crippen molar-refractivity contribution in [2.75, 3.05) is 45.9 Å². The van der Waals surface area contributed by atoms with Gasteiger partial charge in [-0.15, -0.1) is 0 Å². The minimum atomic E-state index is -0.161. The third-order valence-corrected chi connectivity index (χ3v) is 4.64. The van der Waals surface area contributed by atoms with Gasteiger partial charge in [-0.3, -0.25) is 4.90 Å². The molecule has 114 valence electrons. The fourth-order valence-electron chi connectivity index (χ4n) is 3.55. The van der Waals surface area contributed by atoms with Crippen LogP contribution in [0.3, 0.4) is 0 Å². The minimum absolute atomic E-state index is 0.161. The number of morpholine rings is 1. The molecular weight excluding hydrogens is 258 g/mol. The zero-order valence-electron chi connectivity index (χ0n) is 12.2. The number of carbonyl (C=O) groups excluding carboxylic acids is 1. The molecule has 0 aromatic rings. The highest BCUT2D eigenvalue weighted by Gasteiger charge is 2.39. The van der Waals surface area contributed by atoms with Gasteiger partial charge in [0, 0.05) is 44.8 Å². The highest BCUT2D eigenvalue weighted by molar-refractivity contribution is 5.67. The van der Waals surface area contributed by atoms with Crippen molar-refractivity contribution in [2.24, 2.45) is 0 Å². The maximum Gasteiger partial charge on any atom is 0.409 e. The molecule has 2 atom stereocenters. The fourth-order valence-corrected chi connectivity index (χ4v) is 3.55. The van der Waals surface area contributed by atoms with Gasteiger partial charge in [0.05, 0.1) is 19.3 Å². The molecule has 3 aliphatic rings. The lowest BCUT2D eigenvalue weighted by Crippen LogP contribution is -2.48. The molecule has 3 heterocycles. The van der Waals surface area contributed by atoms with Crippen LogP contribution in [0.15, 0.2) is 0 Å². The summed E-state index contributed by atoms with van der Waals surface area (Å²) >= 11 is 0. The Labute approximate surface area is 120 Å². The van der Waals surface area contributed by atoms with Crippen LogP contribution in [0.5, 0.6) is 0 Å².